The second-order valence-electron chi connectivity index (χ2n) is 6.73. The number of benzene rings is 1. The summed E-state index contributed by atoms with van der Waals surface area (Å²) >= 11 is 0. The Morgan fingerprint density at radius 3 is 2.58 bits per heavy atom. The van der Waals surface area contributed by atoms with Crippen molar-refractivity contribution in [3.63, 3.8) is 0 Å². The largest absolute Gasteiger partial charge is 0.479 e. The average Bonchev–Trinajstić information content (AvgIpc) is 3.43. The van der Waals surface area contributed by atoms with Gasteiger partial charge in [0.15, 0.2) is 0 Å². The summed E-state index contributed by atoms with van der Waals surface area (Å²) < 4.78 is 27.0. The van der Waals surface area contributed by atoms with Crippen molar-refractivity contribution in [2.75, 3.05) is 13.7 Å². The Labute approximate surface area is 177 Å². The van der Waals surface area contributed by atoms with E-state index in [9.17, 15) is 9.18 Å². The lowest BCUT2D eigenvalue weighted by Gasteiger charge is -2.18. The Morgan fingerprint density at radius 2 is 1.90 bits per heavy atom. The quantitative estimate of drug-likeness (QED) is 0.420. The van der Waals surface area contributed by atoms with Gasteiger partial charge in [-0.1, -0.05) is 19.1 Å². The Hall–Kier alpha value is -3.82. The molecule has 1 atom stereocenters. The van der Waals surface area contributed by atoms with Crippen LogP contribution >= 0.6 is 0 Å². The minimum Gasteiger partial charge on any atom is -0.479 e. The number of hydrogen-bond acceptors (Lipinski definition) is 7. The second kappa shape index (κ2) is 8.50. The molecular weight excluding hydrogens is 403 g/mol. The summed E-state index contributed by atoms with van der Waals surface area (Å²) in [4.78, 5) is 20.9. The van der Waals surface area contributed by atoms with E-state index in [1.54, 1.807) is 29.9 Å². The van der Waals surface area contributed by atoms with Gasteiger partial charge in [-0.25, -0.2) is 18.9 Å². The summed E-state index contributed by atoms with van der Waals surface area (Å²) in [6.45, 7) is 4.02. The zero-order valence-corrected chi connectivity index (χ0v) is 17.3. The Balaban J connectivity index is 1.77. The number of carbonyl (C=O) groups excluding carboxylic acids is 1. The molecule has 0 fully saturated rings. The summed E-state index contributed by atoms with van der Waals surface area (Å²) in [5.74, 6) is -0.226. The third-order valence-corrected chi connectivity index (χ3v) is 4.83. The van der Waals surface area contributed by atoms with Crippen molar-refractivity contribution in [3.8, 4) is 11.8 Å². The molecule has 10 heteroatoms. The molecule has 0 aliphatic heterocycles. The predicted molar refractivity (Wildman–Crippen MR) is 110 cm³/mol. The highest BCUT2D eigenvalue weighted by Crippen LogP contribution is 2.30. The zero-order chi connectivity index (χ0) is 22.0. The van der Waals surface area contributed by atoms with Gasteiger partial charge in [-0.2, -0.15) is 15.2 Å². The molecule has 0 aliphatic rings. The number of fused-ring (bicyclic) bond motifs is 1. The lowest BCUT2D eigenvalue weighted by molar-refractivity contribution is 0.0526. The smallest absolute Gasteiger partial charge is 0.341 e. The van der Waals surface area contributed by atoms with E-state index in [1.165, 1.54) is 36.3 Å². The van der Waals surface area contributed by atoms with Crippen molar-refractivity contribution >= 4 is 17.0 Å². The van der Waals surface area contributed by atoms with Crippen LogP contribution in [0.3, 0.4) is 0 Å². The number of carbonyl (C=O) groups is 1. The van der Waals surface area contributed by atoms with E-state index in [0.29, 0.717) is 22.5 Å². The van der Waals surface area contributed by atoms with Gasteiger partial charge in [-0.15, -0.1) is 0 Å². The van der Waals surface area contributed by atoms with E-state index in [4.69, 9.17) is 9.47 Å². The first-order valence-electron chi connectivity index (χ1n) is 9.82. The number of nitrogens with zero attached hydrogens (tertiary/aromatic N) is 6. The van der Waals surface area contributed by atoms with Gasteiger partial charge >= 0.3 is 5.97 Å². The van der Waals surface area contributed by atoms with Crippen molar-refractivity contribution in [2.24, 2.45) is 0 Å². The molecule has 0 aliphatic carbocycles. The second-order valence-corrected chi connectivity index (χ2v) is 6.73. The minimum atomic E-state index is -0.473. The monoisotopic (exact) mass is 424 g/mol. The van der Waals surface area contributed by atoms with Crippen LogP contribution in [-0.2, 0) is 4.74 Å². The van der Waals surface area contributed by atoms with Gasteiger partial charge in [0.05, 0.1) is 37.7 Å². The van der Waals surface area contributed by atoms with Gasteiger partial charge < -0.3 is 9.47 Å². The summed E-state index contributed by atoms with van der Waals surface area (Å²) in [5.41, 5.74) is 2.37. The van der Waals surface area contributed by atoms with Crippen molar-refractivity contribution < 1.29 is 18.7 Å². The predicted octanol–water partition coefficient (Wildman–Crippen LogP) is 3.34. The van der Waals surface area contributed by atoms with E-state index in [-0.39, 0.29) is 24.4 Å². The van der Waals surface area contributed by atoms with Crippen LogP contribution in [0.5, 0.6) is 5.88 Å². The molecule has 0 N–H and O–H groups in total. The molecule has 0 radical (unpaired) electrons. The molecule has 160 valence electrons. The normalized spacial score (nSPS) is 12.1. The topological polar surface area (TPSA) is 97.0 Å². The molecule has 1 unspecified atom stereocenters. The molecule has 0 saturated heterocycles. The van der Waals surface area contributed by atoms with Gasteiger partial charge in [-0.05, 0) is 31.0 Å². The number of halogens is 1. The highest BCUT2D eigenvalue weighted by atomic mass is 19.1. The van der Waals surface area contributed by atoms with Crippen LogP contribution in [0.25, 0.3) is 17.0 Å². The molecule has 0 amide bonds. The zero-order valence-electron chi connectivity index (χ0n) is 17.3. The maximum absolute atomic E-state index is 13.4. The summed E-state index contributed by atoms with van der Waals surface area (Å²) in [6.07, 6.45) is 5.22. The van der Waals surface area contributed by atoms with Crippen LogP contribution in [0.2, 0.25) is 0 Å². The van der Waals surface area contributed by atoms with Crippen molar-refractivity contribution in [1.29, 1.82) is 0 Å². The van der Waals surface area contributed by atoms with Gasteiger partial charge in [0, 0.05) is 6.20 Å². The average molecular weight is 424 g/mol. The van der Waals surface area contributed by atoms with Crippen LogP contribution in [-0.4, -0.2) is 49.2 Å². The van der Waals surface area contributed by atoms with Gasteiger partial charge in [0.2, 0.25) is 5.88 Å². The molecule has 3 heterocycles. The molecule has 1 aromatic carbocycles. The highest BCUT2D eigenvalue weighted by Gasteiger charge is 2.22. The minimum absolute atomic E-state index is 0.151. The molecule has 4 rings (SSSR count). The maximum Gasteiger partial charge on any atom is 0.341 e. The molecule has 0 spiro atoms. The fraction of sp³-hybridized carbons (Fsp3) is 0.286. The molecule has 9 nitrogen and oxygen atoms in total. The van der Waals surface area contributed by atoms with Crippen LogP contribution in [0.4, 0.5) is 4.39 Å². The first-order valence-corrected chi connectivity index (χ1v) is 9.82. The summed E-state index contributed by atoms with van der Waals surface area (Å²) in [7, 11) is 1.51. The summed E-state index contributed by atoms with van der Waals surface area (Å²) in [5, 5.41) is 8.66. The maximum atomic E-state index is 13.4. The van der Waals surface area contributed by atoms with Crippen molar-refractivity contribution in [1.82, 2.24) is 29.5 Å². The molecule has 3 aromatic heterocycles. The molecule has 4 aromatic rings. The van der Waals surface area contributed by atoms with E-state index in [2.05, 4.69) is 20.2 Å². The SMILES string of the molecule is CCOC(=O)c1cnn(-c2nc(OC)c3c(cnn3C(CC)c3ccc(F)cc3)n2)c1. The molecule has 0 bridgehead atoms. The number of rotatable bonds is 7. The molecule has 31 heavy (non-hydrogen) atoms. The number of ether oxygens (including phenoxy) is 2. The first-order chi connectivity index (χ1) is 15.0. The standard InChI is InChI=1S/C21H21FN6O3/c1-4-17(13-6-8-15(22)9-7-13)28-18-16(11-24-28)25-21(26-19(18)30-3)27-12-14(10-23-27)20(29)31-5-2/h6-12,17H,4-5H2,1-3H3. The number of hydrogen-bond donors (Lipinski definition) is 0. The first kappa shape index (κ1) is 20.5. The van der Waals surface area contributed by atoms with E-state index < -0.39 is 5.97 Å². The van der Waals surface area contributed by atoms with Gasteiger partial charge in [0.1, 0.15) is 16.9 Å². The lowest BCUT2D eigenvalue weighted by atomic mass is 10.0. The number of esters is 1. The molecule has 0 saturated carbocycles. The van der Waals surface area contributed by atoms with E-state index >= 15 is 0 Å². The lowest BCUT2D eigenvalue weighted by Crippen LogP contribution is -2.13. The van der Waals surface area contributed by atoms with Gasteiger partial charge in [0.25, 0.3) is 5.95 Å². The fourth-order valence-corrected chi connectivity index (χ4v) is 3.39. The fourth-order valence-electron chi connectivity index (χ4n) is 3.39. The third kappa shape index (κ3) is 3.83. The van der Waals surface area contributed by atoms with Crippen molar-refractivity contribution in [3.05, 3.63) is 59.8 Å². The highest BCUT2D eigenvalue weighted by molar-refractivity contribution is 5.88. The van der Waals surface area contributed by atoms with E-state index in [0.717, 1.165) is 12.0 Å². The third-order valence-electron chi connectivity index (χ3n) is 4.83. The Bertz CT molecular complexity index is 1220. The number of aromatic nitrogens is 6. The van der Waals surface area contributed by atoms with E-state index in [1.807, 2.05) is 6.92 Å². The van der Waals surface area contributed by atoms with Crippen LogP contribution in [0.1, 0.15) is 42.2 Å². The van der Waals surface area contributed by atoms with Crippen LogP contribution in [0.15, 0.2) is 42.9 Å². The Morgan fingerprint density at radius 1 is 1.13 bits per heavy atom. The van der Waals surface area contributed by atoms with Crippen LogP contribution in [0, 0.1) is 5.82 Å². The van der Waals surface area contributed by atoms with Crippen molar-refractivity contribution in [2.45, 2.75) is 26.3 Å². The Kier molecular flexibility index (Phi) is 5.61. The number of methoxy groups -OCH3 is 1. The molecular formula is C21H21FN6O3. The van der Waals surface area contributed by atoms with Gasteiger partial charge in [-0.3, -0.25) is 4.68 Å². The summed E-state index contributed by atoms with van der Waals surface area (Å²) in [6, 6.07) is 6.17. The van der Waals surface area contributed by atoms with Crippen LogP contribution < -0.4 is 4.74 Å².